The van der Waals surface area contributed by atoms with Crippen molar-refractivity contribution in [1.82, 2.24) is 9.21 Å². The van der Waals surface area contributed by atoms with Crippen LogP contribution in [0.3, 0.4) is 0 Å². The second-order valence-corrected chi connectivity index (χ2v) is 9.86. The zero-order chi connectivity index (χ0) is 21.9. The highest BCUT2D eigenvalue weighted by Gasteiger charge is 2.33. The van der Waals surface area contributed by atoms with E-state index in [1.165, 1.54) is 0 Å². The van der Waals surface area contributed by atoms with E-state index in [-0.39, 0.29) is 43.3 Å². The van der Waals surface area contributed by atoms with E-state index < -0.39 is 33.5 Å². The summed E-state index contributed by atoms with van der Waals surface area (Å²) in [5.74, 6) is -3.00. The molecule has 166 valence electrons. The van der Waals surface area contributed by atoms with Crippen LogP contribution in [0.1, 0.15) is 32.6 Å². The zero-order valence-corrected chi connectivity index (χ0v) is 17.7. The summed E-state index contributed by atoms with van der Waals surface area (Å²) < 4.78 is 58.0. The summed E-state index contributed by atoms with van der Waals surface area (Å²) in [6.07, 6.45) is 2.34. The summed E-state index contributed by atoms with van der Waals surface area (Å²) in [5.41, 5.74) is 0. The van der Waals surface area contributed by atoms with Crippen LogP contribution in [0, 0.1) is 23.5 Å². The van der Waals surface area contributed by atoms with E-state index in [9.17, 15) is 26.8 Å². The number of halogens is 2. The van der Waals surface area contributed by atoms with Crippen molar-refractivity contribution >= 4 is 21.9 Å². The maximum absolute atomic E-state index is 13.4. The molecule has 1 aromatic rings. The minimum Gasteiger partial charge on any atom is -0.455 e. The Labute approximate surface area is 175 Å². The second kappa shape index (κ2) is 9.38. The maximum Gasteiger partial charge on any atom is 0.309 e. The molecule has 10 heteroatoms. The Hall–Kier alpha value is -2.07. The van der Waals surface area contributed by atoms with E-state index in [1.807, 2.05) is 0 Å². The summed E-state index contributed by atoms with van der Waals surface area (Å²) in [4.78, 5) is 25.9. The Morgan fingerprint density at radius 3 is 2.27 bits per heavy atom. The van der Waals surface area contributed by atoms with E-state index >= 15 is 0 Å². The van der Waals surface area contributed by atoms with Crippen molar-refractivity contribution in [2.45, 2.75) is 37.5 Å². The molecular formula is C20H26F2N2O5S. The van der Waals surface area contributed by atoms with Crippen LogP contribution in [0.4, 0.5) is 8.78 Å². The lowest BCUT2D eigenvalue weighted by Crippen LogP contribution is -2.42. The predicted octanol–water partition coefficient (Wildman–Crippen LogP) is 2.17. The van der Waals surface area contributed by atoms with E-state index in [2.05, 4.69) is 6.92 Å². The number of carbonyl (C=O) groups is 2. The van der Waals surface area contributed by atoms with Gasteiger partial charge in [0.05, 0.1) is 10.8 Å². The fourth-order valence-corrected chi connectivity index (χ4v) is 5.20. The lowest BCUT2D eigenvalue weighted by molar-refractivity contribution is -0.157. The number of amides is 1. The first-order valence-corrected chi connectivity index (χ1v) is 11.5. The van der Waals surface area contributed by atoms with E-state index in [1.54, 1.807) is 4.90 Å². The molecule has 7 nitrogen and oxygen atoms in total. The minimum absolute atomic E-state index is 0.0546. The molecule has 0 N–H and O–H groups in total. The lowest BCUT2D eigenvalue weighted by Gasteiger charge is -2.31. The van der Waals surface area contributed by atoms with Gasteiger partial charge in [0.1, 0.15) is 0 Å². The third-order valence-corrected chi connectivity index (χ3v) is 7.68. The molecule has 0 aromatic heterocycles. The molecule has 2 fully saturated rings. The van der Waals surface area contributed by atoms with Gasteiger partial charge in [-0.05, 0) is 49.8 Å². The quantitative estimate of drug-likeness (QED) is 0.650. The van der Waals surface area contributed by atoms with Gasteiger partial charge in [0.25, 0.3) is 5.91 Å². The summed E-state index contributed by atoms with van der Waals surface area (Å²) in [5, 5.41) is 0. The average molecular weight is 445 g/mol. The molecule has 2 heterocycles. The number of ether oxygens (including phenoxy) is 1. The Kier molecular flexibility index (Phi) is 7.07. The van der Waals surface area contributed by atoms with Gasteiger partial charge in [-0.25, -0.2) is 17.2 Å². The SMILES string of the molecule is CC1CCN(C(=O)COC(=O)C2CCN(S(=O)(=O)c3ccc(F)c(F)c3)CC2)CC1. The Balaban J connectivity index is 1.49. The largest absolute Gasteiger partial charge is 0.455 e. The van der Waals surface area contributed by atoms with Crippen LogP contribution in [0.15, 0.2) is 23.1 Å². The van der Waals surface area contributed by atoms with E-state index in [4.69, 9.17) is 4.74 Å². The molecule has 0 aliphatic carbocycles. The number of esters is 1. The highest BCUT2D eigenvalue weighted by atomic mass is 32.2. The van der Waals surface area contributed by atoms with Crippen LogP contribution in [-0.2, 0) is 24.3 Å². The monoisotopic (exact) mass is 444 g/mol. The standard InChI is InChI=1S/C20H26F2N2O5S/c1-14-4-8-23(9-5-14)19(25)13-29-20(26)15-6-10-24(11-7-15)30(27,28)16-2-3-17(21)18(22)12-16/h2-3,12,14-15H,4-11,13H2,1H3. The number of nitrogens with zero attached hydrogens (tertiary/aromatic N) is 2. The fourth-order valence-electron chi connectivity index (χ4n) is 3.72. The normalized spacial score (nSPS) is 19.6. The molecule has 1 aromatic carbocycles. The first-order valence-electron chi connectivity index (χ1n) is 10.1. The van der Waals surface area contributed by atoms with Crippen LogP contribution in [0.25, 0.3) is 0 Å². The summed E-state index contributed by atoms with van der Waals surface area (Å²) in [7, 11) is -3.98. The van der Waals surface area contributed by atoms with E-state index in [0.717, 1.165) is 29.3 Å². The summed E-state index contributed by atoms with van der Waals surface area (Å²) >= 11 is 0. The van der Waals surface area contributed by atoms with Gasteiger partial charge in [-0.15, -0.1) is 0 Å². The number of likely N-dealkylation sites (tertiary alicyclic amines) is 1. The van der Waals surface area contributed by atoms with Gasteiger partial charge < -0.3 is 9.64 Å². The Bertz CT molecular complexity index is 892. The van der Waals surface area contributed by atoms with Gasteiger partial charge in [0, 0.05) is 26.2 Å². The Morgan fingerprint density at radius 1 is 1.03 bits per heavy atom. The first-order chi connectivity index (χ1) is 14.2. The third-order valence-electron chi connectivity index (χ3n) is 5.79. The van der Waals surface area contributed by atoms with Gasteiger partial charge in [-0.2, -0.15) is 4.31 Å². The molecule has 0 unspecified atom stereocenters. The number of rotatable bonds is 5. The number of hydrogen-bond donors (Lipinski definition) is 0. The van der Waals surface area contributed by atoms with Crippen molar-refractivity contribution in [2.24, 2.45) is 11.8 Å². The van der Waals surface area contributed by atoms with Crippen molar-refractivity contribution in [2.75, 3.05) is 32.8 Å². The van der Waals surface area contributed by atoms with Crippen LogP contribution in [-0.4, -0.2) is 62.3 Å². The van der Waals surface area contributed by atoms with Gasteiger partial charge in [-0.3, -0.25) is 9.59 Å². The topological polar surface area (TPSA) is 84.0 Å². The molecule has 0 spiro atoms. The molecule has 0 bridgehead atoms. The minimum atomic E-state index is -3.98. The van der Waals surface area contributed by atoms with Gasteiger partial charge in [0.2, 0.25) is 10.0 Å². The number of sulfonamides is 1. The molecule has 0 radical (unpaired) electrons. The van der Waals surface area contributed by atoms with Crippen molar-refractivity contribution in [3.63, 3.8) is 0 Å². The lowest BCUT2D eigenvalue weighted by atomic mass is 9.98. The third kappa shape index (κ3) is 5.15. The molecule has 2 aliphatic rings. The molecule has 0 atom stereocenters. The van der Waals surface area contributed by atoms with Gasteiger partial charge in [0.15, 0.2) is 18.2 Å². The average Bonchev–Trinajstić information content (AvgIpc) is 2.74. The highest BCUT2D eigenvalue weighted by Crippen LogP contribution is 2.25. The van der Waals surface area contributed by atoms with E-state index in [0.29, 0.717) is 25.1 Å². The van der Waals surface area contributed by atoms with Crippen molar-refractivity contribution in [3.05, 3.63) is 29.8 Å². The molecule has 1 amide bonds. The molecule has 0 saturated carbocycles. The maximum atomic E-state index is 13.4. The predicted molar refractivity (Wildman–Crippen MR) is 104 cm³/mol. The summed E-state index contributed by atoms with van der Waals surface area (Å²) in [6.45, 7) is 3.27. The van der Waals surface area contributed by atoms with Crippen LogP contribution < -0.4 is 0 Å². The molecule has 3 rings (SSSR count). The van der Waals surface area contributed by atoms with Gasteiger partial charge in [-0.1, -0.05) is 6.92 Å². The second-order valence-electron chi connectivity index (χ2n) is 7.93. The zero-order valence-electron chi connectivity index (χ0n) is 16.9. The molecular weight excluding hydrogens is 418 g/mol. The van der Waals surface area contributed by atoms with Crippen LogP contribution >= 0.6 is 0 Å². The molecule has 30 heavy (non-hydrogen) atoms. The first kappa shape index (κ1) is 22.6. The summed E-state index contributed by atoms with van der Waals surface area (Å²) in [6, 6.07) is 2.44. The van der Waals surface area contributed by atoms with Crippen molar-refractivity contribution in [3.8, 4) is 0 Å². The number of carbonyl (C=O) groups excluding carboxylic acids is 2. The van der Waals surface area contributed by atoms with Crippen LogP contribution in [0.2, 0.25) is 0 Å². The van der Waals surface area contributed by atoms with Crippen LogP contribution in [0.5, 0.6) is 0 Å². The number of benzene rings is 1. The Morgan fingerprint density at radius 2 is 1.67 bits per heavy atom. The van der Waals surface area contributed by atoms with Crippen molar-refractivity contribution in [1.29, 1.82) is 0 Å². The molecule has 2 saturated heterocycles. The fraction of sp³-hybridized carbons (Fsp3) is 0.600. The smallest absolute Gasteiger partial charge is 0.309 e. The number of piperidine rings is 2. The molecule has 2 aliphatic heterocycles. The van der Waals surface area contributed by atoms with Crippen molar-refractivity contribution < 1.29 is 31.5 Å². The highest BCUT2D eigenvalue weighted by molar-refractivity contribution is 7.89. The van der Waals surface area contributed by atoms with Gasteiger partial charge >= 0.3 is 5.97 Å². The number of hydrogen-bond acceptors (Lipinski definition) is 5.